The van der Waals surface area contributed by atoms with Crippen LogP contribution in [0.15, 0.2) is 65.5 Å². The summed E-state index contributed by atoms with van der Waals surface area (Å²) in [6, 6.07) is 12.3. The third-order valence-corrected chi connectivity index (χ3v) is 6.92. The molecule has 0 aliphatic carbocycles. The van der Waals surface area contributed by atoms with Crippen LogP contribution in [-0.2, 0) is 25.4 Å². The minimum atomic E-state index is -5.07. The Hall–Kier alpha value is -4.55. The fourth-order valence-electron chi connectivity index (χ4n) is 5.10. The van der Waals surface area contributed by atoms with E-state index in [0.717, 1.165) is 4.90 Å². The van der Waals surface area contributed by atoms with Gasteiger partial charge >= 0.3 is 12.4 Å². The predicted octanol–water partition coefficient (Wildman–Crippen LogP) is 6.72. The molecule has 3 aromatic carbocycles. The van der Waals surface area contributed by atoms with E-state index in [1.807, 2.05) is 0 Å². The Balaban J connectivity index is 1.66. The number of aromatic nitrogens is 1. The van der Waals surface area contributed by atoms with E-state index < -0.39 is 53.7 Å². The van der Waals surface area contributed by atoms with Crippen LogP contribution in [0.5, 0.6) is 11.5 Å². The second-order valence-electron chi connectivity index (χ2n) is 9.85. The van der Waals surface area contributed by atoms with Gasteiger partial charge in [0.1, 0.15) is 37.0 Å². The van der Waals surface area contributed by atoms with Crippen LogP contribution in [-0.4, -0.2) is 42.3 Å². The van der Waals surface area contributed by atoms with Crippen LogP contribution in [0.4, 0.5) is 30.7 Å². The van der Waals surface area contributed by atoms with Crippen molar-refractivity contribution in [3.05, 3.63) is 93.3 Å². The van der Waals surface area contributed by atoms with Crippen molar-refractivity contribution in [2.45, 2.75) is 25.4 Å². The summed E-state index contributed by atoms with van der Waals surface area (Å²) in [6.07, 6.45) is -10.1. The Labute approximate surface area is 239 Å². The highest BCUT2D eigenvalue weighted by molar-refractivity contribution is 6.10. The average Bonchev–Trinajstić information content (AvgIpc) is 2.96. The number of hydrogen-bond acceptors (Lipinski definition) is 4. The smallest absolute Gasteiger partial charge is 0.416 e. The number of carbonyl (C=O) groups is 1. The van der Waals surface area contributed by atoms with Crippen molar-refractivity contribution in [2.24, 2.45) is 0 Å². The fraction of sp³-hybridized carbons (Fsp3) is 0.267. The van der Waals surface area contributed by atoms with Gasteiger partial charge in [0.05, 0.1) is 23.2 Å². The number of hydrogen-bond donors (Lipinski definition) is 0. The van der Waals surface area contributed by atoms with Crippen molar-refractivity contribution >= 4 is 16.8 Å². The lowest BCUT2D eigenvalue weighted by Crippen LogP contribution is -2.37. The molecule has 0 saturated heterocycles. The van der Waals surface area contributed by atoms with Crippen LogP contribution in [0.3, 0.4) is 0 Å². The van der Waals surface area contributed by atoms with Crippen LogP contribution >= 0.6 is 0 Å². The zero-order valence-electron chi connectivity index (χ0n) is 22.5. The number of amides is 1. The van der Waals surface area contributed by atoms with Crippen LogP contribution < -0.4 is 15.0 Å². The lowest BCUT2D eigenvalue weighted by Gasteiger charge is -2.25. The largest absolute Gasteiger partial charge is 0.491 e. The maximum absolute atomic E-state index is 14.0. The van der Waals surface area contributed by atoms with Crippen molar-refractivity contribution in [3.8, 4) is 22.6 Å². The van der Waals surface area contributed by atoms with E-state index in [1.165, 1.54) is 17.7 Å². The molecule has 1 aromatic heterocycles. The maximum Gasteiger partial charge on any atom is 0.416 e. The van der Waals surface area contributed by atoms with Gasteiger partial charge in [0.15, 0.2) is 0 Å². The molecular weight excluding hydrogens is 585 g/mol. The zero-order chi connectivity index (χ0) is 31.1. The Morgan fingerprint density at radius 3 is 2.30 bits per heavy atom. The molecular formula is C30H23F7N2O4. The number of carbonyl (C=O) groups excluding carboxylic acids is 1. The molecule has 13 heteroatoms. The van der Waals surface area contributed by atoms with E-state index in [2.05, 4.69) is 0 Å². The van der Waals surface area contributed by atoms with Crippen LogP contribution in [0, 0.1) is 0 Å². The monoisotopic (exact) mass is 608 g/mol. The summed E-state index contributed by atoms with van der Waals surface area (Å²) >= 11 is 0. The molecule has 0 N–H and O–H groups in total. The molecule has 0 radical (unpaired) electrons. The first kappa shape index (κ1) is 29.9. The molecule has 0 bridgehead atoms. The molecule has 43 heavy (non-hydrogen) atoms. The van der Waals surface area contributed by atoms with Crippen LogP contribution in [0.1, 0.15) is 27.0 Å². The predicted molar refractivity (Wildman–Crippen MR) is 143 cm³/mol. The lowest BCUT2D eigenvalue weighted by molar-refractivity contribution is -0.143. The SMILES string of the molecule is CN(Cc1cc(C(F)(F)F)cc(C(F)(F)F)c1)C(=O)c1c(-c2cccc(OCCF)c2)c2cccc3c2n(c1=O)CCO3. The molecule has 0 saturated carbocycles. The molecule has 6 nitrogen and oxygen atoms in total. The van der Waals surface area contributed by atoms with Crippen molar-refractivity contribution < 1.29 is 45.0 Å². The molecule has 1 aliphatic rings. The molecule has 4 aromatic rings. The van der Waals surface area contributed by atoms with Crippen LogP contribution in [0.2, 0.25) is 0 Å². The van der Waals surface area contributed by atoms with Crippen molar-refractivity contribution in [3.63, 3.8) is 0 Å². The third-order valence-electron chi connectivity index (χ3n) is 6.92. The standard InChI is InChI=1S/C30H23F7N2O4/c1-38(16-17-12-19(29(32,33)34)15-20(13-17)30(35,36)37)27(40)25-24(18-4-2-5-21(14-18)42-10-8-31)22-6-3-7-23-26(22)39(28(25)41)9-11-43-23/h2-7,12-15H,8-11,16H2,1H3. The first-order chi connectivity index (χ1) is 20.3. The summed E-state index contributed by atoms with van der Waals surface area (Å²) in [4.78, 5) is 28.7. The first-order valence-electron chi connectivity index (χ1n) is 12.9. The summed E-state index contributed by atoms with van der Waals surface area (Å²) in [5.74, 6) is -0.283. The maximum atomic E-state index is 14.0. The molecule has 2 heterocycles. The second-order valence-corrected chi connectivity index (χ2v) is 9.85. The van der Waals surface area contributed by atoms with Gasteiger partial charge in [0, 0.05) is 24.5 Å². The molecule has 0 spiro atoms. The Morgan fingerprint density at radius 1 is 0.977 bits per heavy atom. The number of rotatable bonds is 7. The summed E-state index contributed by atoms with van der Waals surface area (Å²) in [6.45, 7) is -1.44. The van der Waals surface area contributed by atoms with Gasteiger partial charge in [-0.15, -0.1) is 0 Å². The summed E-state index contributed by atoms with van der Waals surface area (Å²) in [7, 11) is 1.18. The third kappa shape index (κ3) is 5.88. The quantitative estimate of drug-likeness (QED) is 0.219. The Bertz CT molecular complexity index is 1730. The van der Waals surface area contributed by atoms with Gasteiger partial charge in [-0.3, -0.25) is 9.59 Å². The number of ether oxygens (including phenoxy) is 2. The summed E-state index contributed by atoms with van der Waals surface area (Å²) < 4.78 is 106. The van der Waals surface area contributed by atoms with E-state index >= 15 is 0 Å². The highest BCUT2D eigenvalue weighted by Crippen LogP contribution is 2.39. The Morgan fingerprint density at radius 2 is 1.65 bits per heavy atom. The minimum Gasteiger partial charge on any atom is -0.491 e. The topological polar surface area (TPSA) is 60.8 Å². The average molecular weight is 609 g/mol. The van der Waals surface area contributed by atoms with Crippen molar-refractivity contribution in [2.75, 3.05) is 26.9 Å². The normalized spacial score (nSPS) is 13.1. The summed E-state index contributed by atoms with van der Waals surface area (Å²) in [5, 5.41) is 0.439. The fourth-order valence-corrected chi connectivity index (χ4v) is 5.10. The lowest BCUT2D eigenvalue weighted by atomic mass is 9.94. The second kappa shape index (κ2) is 11.3. The van der Waals surface area contributed by atoms with Gasteiger partial charge in [-0.2, -0.15) is 26.3 Å². The van der Waals surface area contributed by atoms with E-state index in [1.54, 1.807) is 36.4 Å². The number of benzene rings is 3. The summed E-state index contributed by atoms with van der Waals surface area (Å²) in [5.41, 5.74) is -3.62. The number of pyridine rings is 1. The number of para-hydroxylation sites is 1. The van der Waals surface area contributed by atoms with Crippen molar-refractivity contribution in [1.82, 2.24) is 9.47 Å². The van der Waals surface area contributed by atoms with Crippen molar-refractivity contribution in [1.29, 1.82) is 0 Å². The molecule has 5 rings (SSSR count). The molecule has 226 valence electrons. The zero-order valence-corrected chi connectivity index (χ0v) is 22.5. The van der Waals surface area contributed by atoms with E-state index in [-0.39, 0.29) is 42.7 Å². The number of nitrogens with zero attached hydrogens (tertiary/aromatic N) is 2. The molecule has 0 unspecified atom stereocenters. The van der Waals surface area contributed by atoms with Gasteiger partial charge in [-0.25, -0.2) is 4.39 Å². The van der Waals surface area contributed by atoms with Gasteiger partial charge in [-0.05, 0) is 47.5 Å². The highest BCUT2D eigenvalue weighted by Gasteiger charge is 2.37. The number of halogens is 7. The highest BCUT2D eigenvalue weighted by atomic mass is 19.4. The first-order valence-corrected chi connectivity index (χ1v) is 12.9. The van der Waals surface area contributed by atoms with Crippen LogP contribution in [0.25, 0.3) is 22.0 Å². The molecule has 0 fully saturated rings. The van der Waals surface area contributed by atoms with Gasteiger partial charge in [0.25, 0.3) is 11.5 Å². The van der Waals surface area contributed by atoms with Gasteiger partial charge in [0.2, 0.25) is 0 Å². The van der Waals surface area contributed by atoms with E-state index in [9.17, 15) is 40.3 Å². The van der Waals surface area contributed by atoms with Gasteiger partial charge in [-0.1, -0.05) is 24.3 Å². The minimum absolute atomic E-state index is 0.00152. The Kier molecular flexibility index (Phi) is 7.84. The number of alkyl halides is 7. The molecule has 1 amide bonds. The van der Waals surface area contributed by atoms with E-state index in [4.69, 9.17) is 9.47 Å². The molecule has 1 aliphatic heterocycles. The molecule has 0 atom stereocenters. The van der Waals surface area contributed by atoms with Gasteiger partial charge < -0.3 is 18.9 Å². The van der Waals surface area contributed by atoms with E-state index in [0.29, 0.717) is 34.3 Å².